The van der Waals surface area contributed by atoms with Crippen LogP contribution in [0.15, 0.2) is 0 Å². The van der Waals surface area contributed by atoms with Gasteiger partial charge < -0.3 is 11.1 Å². The van der Waals surface area contributed by atoms with Crippen molar-refractivity contribution < 1.29 is 0 Å². The van der Waals surface area contributed by atoms with Crippen molar-refractivity contribution in [2.75, 3.05) is 6.54 Å². The summed E-state index contributed by atoms with van der Waals surface area (Å²) in [5.74, 6) is 0. The van der Waals surface area contributed by atoms with Gasteiger partial charge in [0.25, 0.3) is 0 Å². The molecule has 1 aliphatic carbocycles. The molecule has 15 heavy (non-hydrogen) atoms. The molecule has 1 heterocycles. The van der Waals surface area contributed by atoms with Crippen LogP contribution in [0, 0.1) is 0 Å². The Morgan fingerprint density at radius 3 is 3.07 bits per heavy atom. The van der Waals surface area contributed by atoms with Gasteiger partial charge in [0.1, 0.15) is 0 Å². The second-order valence-corrected chi connectivity index (χ2v) is 4.35. The van der Waals surface area contributed by atoms with E-state index in [0.29, 0.717) is 12.6 Å². The number of aromatic amines is 1. The van der Waals surface area contributed by atoms with Gasteiger partial charge in [0.05, 0.1) is 5.69 Å². The van der Waals surface area contributed by atoms with Crippen LogP contribution in [0.2, 0.25) is 0 Å². The SMILES string of the molecule is CC(CN)NCc1n[nH]c2c1CCCC2. The summed E-state index contributed by atoms with van der Waals surface area (Å²) < 4.78 is 0. The number of aromatic nitrogens is 2. The Bertz CT molecular complexity index is 318. The van der Waals surface area contributed by atoms with E-state index in [1.165, 1.54) is 36.2 Å². The number of aryl methyl sites for hydroxylation is 1. The number of hydrogen-bond donors (Lipinski definition) is 3. The van der Waals surface area contributed by atoms with E-state index >= 15 is 0 Å². The first-order chi connectivity index (χ1) is 7.31. The number of rotatable bonds is 4. The van der Waals surface area contributed by atoms with E-state index in [1.54, 1.807) is 0 Å². The van der Waals surface area contributed by atoms with Gasteiger partial charge in [0.2, 0.25) is 0 Å². The molecule has 4 N–H and O–H groups in total. The van der Waals surface area contributed by atoms with Crippen LogP contribution < -0.4 is 11.1 Å². The Balaban J connectivity index is 1.99. The van der Waals surface area contributed by atoms with Gasteiger partial charge in [-0.15, -0.1) is 0 Å². The predicted molar refractivity (Wildman–Crippen MR) is 60.6 cm³/mol. The monoisotopic (exact) mass is 208 g/mol. The summed E-state index contributed by atoms with van der Waals surface area (Å²) in [6.45, 7) is 3.61. The van der Waals surface area contributed by atoms with Crippen LogP contribution >= 0.6 is 0 Å². The van der Waals surface area contributed by atoms with Gasteiger partial charge in [0, 0.05) is 24.8 Å². The zero-order valence-corrected chi connectivity index (χ0v) is 9.34. The van der Waals surface area contributed by atoms with Crippen molar-refractivity contribution >= 4 is 0 Å². The number of fused-ring (bicyclic) bond motifs is 1. The molecule has 0 aliphatic heterocycles. The predicted octanol–water partition coefficient (Wildman–Crippen LogP) is 0.725. The van der Waals surface area contributed by atoms with E-state index in [9.17, 15) is 0 Å². The van der Waals surface area contributed by atoms with Crippen LogP contribution in [0.1, 0.15) is 36.7 Å². The van der Waals surface area contributed by atoms with Crippen LogP contribution in [0.4, 0.5) is 0 Å². The molecule has 1 atom stereocenters. The quantitative estimate of drug-likeness (QED) is 0.683. The molecule has 1 unspecified atom stereocenters. The topological polar surface area (TPSA) is 66.7 Å². The molecule has 1 aliphatic rings. The molecule has 1 aromatic heterocycles. The summed E-state index contributed by atoms with van der Waals surface area (Å²) in [6.07, 6.45) is 4.93. The highest BCUT2D eigenvalue weighted by atomic mass is 15.1. The lowest BCUT2D eigenvalue weighted by molar-refractivity contribution is 0.547. The zero-order valence-electron chi connectivity index (χ0n) is 9.34. The summed E-state index contributed by atoms with van der Waals surface area (Å²) in [5.41, 5.74) is 9.53. The lowest BCUT2D eigenvalue weighted by Gasteiger charge is -2.13. The van der Waals surface area contributed by atoms with Crippen LogP contribution in [-0.2, 0) is 19.4 Å². The lowest BCUT2D eigenvalue weighted by Crippen LogP contribution is -2.33. The number of hydrogen-bond acceptors (Lipinski definition) is 3. The molecule has 0 bridgehead atoms. The molecular formula is C11H20N4. The van der Waals surface area contributed by atoms with E-state index in [1.807, 2.05) is 0 Å². The molecule has 4 heteroatoms. The molecule has 1 aromatic rings. The summed E-state index contributed by atoms with van der Waals surface area (Å²) in [5, 5.41) is 10.9. The molecule has 0 saturated heterocycles. The molecular weight excluding hydrogens is 188 g/mol. The molecule has 0 fully saturated rings. The molecule has 0 spiro atoms. The maximum Gasteiger partial charge on any atom is 0.0794 e. The number of H-pyrrole nitrogens is 1. The van der Waals surface area contributed by atoms with Crippen LogP contribution in [0.5, 0.6) is 0 Å². The number of nitrogens with zero attached hydrogens (tertiary/aromatic N) is 1. The van der Waals surface area contributed by atoms with E-state index in [-0.39, 0.29) is 0 Å². The second-order valence-electron chi connectivity index (χ2n) is 4.35. The summed E-state index contributed by atoms with van der Waals surface area (Å²) in [6, 6.07) is 0.362. The molecule has 0 radical (unpaired) electrons. The first kappa shape index (κ1) is 10.6. The Morgan fingerprint density at radius 1 is 1.47 bits per heavy atom. The molecule has 0 saturated carbocycles. The molecule has 0 amide bonds. The summed E-state index contributed by atoms with van der Waals surface area (Å²) in [7, 11) is 0. The zero-order chi connectivity index (χ0) is 10.7. The van der Waals surface area contributed by atoms with Crippen LogP contribution in [0.25, 0.3) is 0 Å². The van der Waals surface area contributed by atoms with Crippen molar-refractivity contribution in [2.45, 2.75) is 45.2 Å². The van der Waals surface area contributed by atoms with Crippen LogP contribution in [0.3, 0.4) is 0 Å². The fraction of sp³-hybridized carbons (Fsp3) is 0.727. The first-order valence-corrected chi connectivity index (χ1v) is 5.79. The number of nitrogens with two attached hydrogens (primary N) is 1. The van der Waals surface area contributed by atoms with Gasteiger partial charge in [0.15, 0.2) is 0 Å². The Morgan fingerprint density at radius 2 is 2.27 bits per heavy atom. The highest BCUT2D eigenvalue weighted by molar-refractivity contribution is 5.27. The average molecular weight is 208 g/mol. The lowest BCUT2D eigenvalue weighted by atomic mass is 9.96. The van der Waals surface area contributed by atoms with E-state index in [0.717, 1.165) is 13.0 Å². The molecule has 2 rings (SSSR count). The highest BCUT2D eigenvalue weighted by Gasteiger charge is 2.16. The van der Waals surface area contributed by atoms with Gasteiger partial charge >= 0.3 is 0 Å². The second kappa shape index (κ2) is 4.77. The van der Waals surface area contributed by atoms with Gasteiger partial charge in [-0.2, -0.15) is 5.10 Å². The largest absolute Gasteiger partial charge is 0.329 e. The van der Waals surface area contributed by atoms with Crippen molar-refractivity contribution in [3.63, 3.8) is 0 Å². The standard InChI is InChI=1S/C11H20N4/c1-8(6-12)13-7-11-9-4-2-3-5-10(9)14-15-11/h8,13H,2-7,12H2,1H3,(H,14,15). The van der Waals surface area contributed by atoms with E-state index < -0.39 is 0 Å². The third-order valence-electron chi connectivity index (χ3n) is 3.11. The molecule has 84 valence electrons. The maximum absolute atomic E-state index is 5.56. The third kappa shape index (κ3) is 2.38. The van der Waals surface area contributed by atoms with Crippen molar-refractivity contribution in [3.05, 3.63) is 17.0 Å². The normalized spacial score (nSPS) is 17.5. The highest BCUT2D eigenvalue weighted by Crippen LogP contribution is 2.21. The Labute approximate surface area is 90.6 Å². The minimum absolute atomic E-state index is 0.362. The van der Waals surface area contributed by atoms with Crippen LogP contribution in [-0.4, -0.2) is 22.8 Å². The smallest absolute Gasteiger partial charge is 0.0794 e. The summed E-state index contributed by atoms with van der Waals surface area (Å²) in [4.78, 5) is 0. The van der Waals surface area contributed by atoms with Gasteiger partial charge in [-0.25, -0.2) is 0 Å². The van der Waals surface area contributed by atoms with Crippen molar-refractivity contribution in [2.24, 2.45) is 5.73 Å². The van der Waals surface area contributed by atoms with Crippen molar-refractivity contribution in [1.82, 2.24) is 15.5 Å². The first-order valence-electron chi connectivity index (χ1n) is 5.79. The third-order valence-corrected chi connectivity index (χ3v) is 3.11. The fourth-order valence-corrected chi connectivity index (χ4v) is 2.05. The summed E-state index contributed by atoms with van der Waals surface area (Å²) >= 11 is 0. The van der Waals surface area contributed by atoms with Gasteiger partial charge in [-0.1, -0.05) is 0 Å². The Hall–Kier alpha value is -0.870. The number of nitrogens with one attached hydrogen (secondary N) is 2. The van der Waals surface area contributed by atoms with Gasteiger partial charge in [-0.3, -0.25) is 5.10 Å². The van der Waals surface area contributed by atoms with Gasteiger partial charge in [-0.05, 0) is 38.2 Å². The molecule has 0 aromatic carbocycles. The molecule has 4 nitrogen and oxygen atoms in total. The maximum atomic E-state index is 5.56. The minimum Gasteiger partial charge on any atom is -0.329 e. The van der Waals surface area contributed by atoms with Crippen molar-refractivity contribution in [1.29, 1.82) is 0 Å². The fourth-order valence-electron chi connectivity index (χ4n) is 2.05. The van der Waals surface area contributed by atoms with E-state index in [2.05, 4.69) is 22.4 Å². The van der Waals surface area contributed by atoms with E-state index in [4.69, 9.17) is 5.73 Å². The van der Waals surface area contributed by atoms with Crippen molar-refractivity contribution in [3.8, 4) is 0 Å². The average Bonchev–Trinajstić information content (AvgIpc) is 2.69. The Kier molecular flexibility index (Phi) is 3.38. The minimum atomic E-state index is 0.362.